The fourth-order valence-corrected chi connectivity index (χ4v) is 3.74. The Morgan fingerprint density at radius 2 is 2.17 bits per heavy atom. The highest BCUT2D eigenvalue weighted by atomic mass is 35.5. The lowest BCUT2D eigenvalue weighted by molar-refractivity contribution is 0.551. The van der Waals surface area contributed by atoms with E-state index < -0.39 is 0 Å². The van der Waals surface area contributed by atoms with Crippen LogP contribution in [0.1, 0.15) is 18.9 Å². The molecule has 0 bridgehead atoms. The van der Waals surface area contributed by atoms with Gasteiger partial charge in [0.2, 0.25) is 0 Å². The second-order valence-electron chi connectivity index (χ2n) is 4.39. The van der Waals surface area contributed by atoms with Crippen LogP contribution in [0, 0.1) is 5.92 Å². The zero-order valence-corrected chi connectivity index (χ0v) is 13.3. The summed E-state index contributed by atoms with van der Waals surface area (Å²) >= 11 is 15.1. The molecule has 0 spiro atoms. The van der Waals surface area contributed by atoms with Gasteiger partial charge in [0, 0.05) is 17.5 Å². The number of nitrogens with zero attached hydrogens (tertiary/aromatic N) is 1. The Kier molecular flexibility index (Phi) is 5.04. The van der Waals surface area contributed by atoms with Crippen LogP contribution in [-0.2, 0) is 6.54 Å². The molecule has 2 aromatic rings. The molecule has 0 saturated heterocycles. The highest BCUT2D eigenvalue weighted by Crippen LogP contribution is 2.38. The number of thiophene rings is 1. The second kappa shape index (κ2) is 6.35. The van der Waals surface area contributed by atoms with Crippen molar-refractivity contribution in [3.8, 4) is 11.3 Å². The summed E-state index contributed by atoms with van der Waals surface area (Å²) in [5.74, 6) is 0.648. The van der Waals surface area contributed by atoms with Crippen LogP contribution >= 0.6 is 45.9 Å². The van der Waals surface area contributed by atoms with E-state index in [9.17, 15) is 0 Å². The molecule has 0 aliphatic carbocycles. The molecular formula is C12H14Cl2N2S2. The summed E-state index contributed by atoms with van der Waals surface area (Å²) in [5, 5.41) is 6.47. The molecule has 0 saturated carbocycles. The third kappa shape index (κ3) is 3.68. The molecule has 0 amide bonds. The third-order valence-corrected chi connectivity index (χ3v) is 4.65. The summed E-state index contributed by atoms with van der Waals surface area (Å²) in [6.45, 7) is 6.18. The fraction of sp³-hybridized carbons (Fsp3) is 0.417. The number of hydrogen-bond acceptors (Lipinski definition) is 4. The Morgan fingerprint density at radius 3 is 2.78 bits per heavy atom. The molecule has 98 valence electrons. The summed E-state index contributed by atoms with van der Waals surface area (Å²) in [6, 6.07) is 1.87. The zero-order chi connectivity index (χ0) is 13.1. The van der Waals surface area contributed by atoms with E-state index in [-0.39, 0.29) is 0 Å². The van der Waals surface area contributed by atoms with Gasteiger partial charge in [-0.2, -0.15) is 0 Å². The topological polar surface area (TPSA) is 24.9 Å². The van der Waals surface area contributed by atoms with Crippen molar-refractivity contribution >= 4 is 45.9 Å². The largest absolute Gasteiger partial charge is 0.310 e. The maximum atomic E-state index is 6.12. The molecule has 0 fully saturated rings. The molecule has 0 unspecified atom stereocenters. The van der Waals surface area contributed by atoms with Crippen molar-refractivity contribution in [2.45, 2.75) is 20.4 Å². The number of thiazole rings is 1. The van der Waals surface area contributed by atoms with Gasteiger partial charge in [-0.3, -0.25) is 0 Å². The standard InChI is InChI=1S/C12H14Cl2N2S2/c1-7(2)4-15-5-11-16-9(6-17-11)8-3-10(13)18-12(8)14/h3,6-7,15H,4-5H2,1-2H3. The Bertz CT molecular complexity index is 520. The van der Waals surface area contributed by atoms with E-state index in [1.54, 1.807) is 11.3 Å². The van der Waals surface area contributed by atoms with Crippen molar-refractivity contribution in [2.75, 3.05) is 6.54 Å². The van der Waals surface area contributed by atoms with Gasteiger partial charge in [0.05, 0.1) is 10.0 Å². The van der Waals surface area contributed by atoms with Crippen LogP contribution in [0.5, 0.6) is 0 Å². The monoisotopic (exact) mass is 320 g/mol. The highest BCUT2D eigenvalue weighted by Gasteiger charge is 2.11. The minimum Gasteiger partial charge on any atom is -0.310 e. The summed E-state index contributed by atoms with van der Waals surface area (Å²) in [7, 11) is 0. The fourth-order valence-electron chi connectivity index (χ4n) is 1.50. The van der Waals surface area contributed by atoms with E-state index in [2.05, 4.69) is 24.1 Å². The lowest BCUT2D eigenvalue weighted by Crippen LogP contribution is -2.18. The van der Waals surface area contributed by atoms with Crippen molar-refractivity contribution in [1.29, 1.82) is 0 Å². The Balaban J connectivity index is 2.04. The molecule has 0 atom stereocenters. The highest BCUT2D eigenvalue weighted by molar-refractivity contribution is 7.20. The number of nitrogens with one attached hydrogen (secondary N) is 1. The van der Waals surface area contributed by atoms with Crippen LogP contribution < -0.4 is 5.32 Å². The maximum Gasteiger partial charge on any atom is 0.107 e. The number of hydrogen-bond donors (Lipinski definition) is 1. The quantitative estimate of drug-likeness (QED) is 0.845. The van der Waals surface area contributed by atoms with Gasteiger partial charge < -0.3 is 5.32 Å². The van der Waals surface area contributed by atoms with E-state index in [0.29, 0.717) is 14.6 Å². The van der Waals surface area contributed by atoms with Crippen molar-refractivity contribution < 1.29 is 0 Å². The van der Waals surface area contributed by atoms with Crippen LogP contribution in [0.15, 0.2) is 11.4 Å². The first-order valence-electron chi connectivity index (χ1n) is 5.66. The molecule has 18 heavy (non-hydrogen) atoms. The number of rotatable bonds is 5. The van der Waals surface area contributed by atoms with Crippen molar-refractivity contribution in [3.63, 3.8) is 0 Å². The molecular weight excluding hydrogens is 307 g/mol. The molecule has 0 aliphatic rings. The van der Waals surface area contributed by atoms with Gasteiger partial charge in [-0.1, -0.05) is 37.0 Å². The number of halogens is 2. The van der Waals surface area contributed by atoms with Crippen LogP contribution in [0.25, 0.3) is 11.3 Å². The first kappa shape index (κ1) is 14.3. The first-order valence-corrected chi connectivity index (χ1v) is 8.11. The van der Waals surface area contributed by atoms with Gasteiger partial charge in [-0.05, 0) is 18.5 Å². The van der Waals surface area contributed by atoms with Gasteiger partial charge in [-0.15, -0.1) is 22.7 Å². The molecule has 0 aliphatic heterocycles. The van der Waals surface area contributed by atoms with E-state index in [0.717, 1.165) is 29.4 Å². The molecule has 2 heterocycles. The van der Waals surface area contributed by atoms with Crippen LogP contribution in [0.3, 0.4) is 0 Å². The Morgan fingerprint density at radius 1 is 1.39 bits per heavy atom. The van der Waals surface area contributed by atoms with Gasteiger partial charge in [0.15, 0.2) is 0 Å². The van der Waals surface area contributed by atoms with E-state index in [1.807, 2.05) is 11.4 Å². The smallest absolute Gasteiger partial charge is 0.107 e. The average Bonchev–Trinajstić information content (AvgIpc) is 2.85. The predicted molar refractivity (Wildman–Crippen MR) is 82.0 cm³/mol. The Labute approximate surface area is 125 Å². The second-order valence-corrected chi connectivity index (χ2v) is 7.62. The van der Waals surface area contributed by atoms with Crippen LogP contribution in [-0.4, -0.2) is 11.5 Å². The van der Waals surface area contributed by atoms with Crippen molar-refractivity contribution in [2.24, 2.45) is 5.92 Å². The predicted octanol–water partition coefficient (Wildman–Crippen LogP) is 4.92. The third-order valence-electron chi connectivity index (χ3n) is 2.31. The van der Waals surface area contributed by atoms with Crippen LogP contribution in [0.2, 0.25) is 8.67 Å². The van der Waals surface area contributed by atoms with E-state index >= 15 is 0 Å². The Hall–Kier alpha value is -0.130. The molecule has 0 radical (unpaired) electrons. The first-order chi connectivity index (χ1) is 8.56. The summed E-state index contributed by atoms with van der Waals surface area (Å²) < 4.78 is 1.40. The van der Waals surface area contributed by atoms with Crippen molar-refractivity contribution in [1.82, 2.24) is 10.3 Å². The van der Waals surface area contributed by atoms with Gasteiger partial charge >= 0.3 is 0 Å². The van der Waals surface area contributed by atoms with Gasteiger partial charge in [-0.25, -0.2) is 4.98 Å². The van der Waals surface area contributed by atoms with Gasteiger partial charge in [0.25, 0.3) is 0 Å². The van der Waals surface area contributed by atoms with Crippen molar-refractivity contribution in [3.05, 3.63) is 25.1 Å². The lowest BCUT2D eigenvalue weighted by atomic mass is 10.2. The summed E-state index contributed by atoms with van der Waals surface area (Å²) in [5.41, 5.74) is 1.84. The molecule has 2 nitrogen and oxygen atoms in total. The van der Waals surface area contributed by atoms with Gasteiger partial charge in [0.1, 0.15) is 9.34 Å². The molecule has 2 rings (SSSR count). The minimum absolute atomic E-state index is 0.648. The van der Waals surface area contributed by atoms with E-state index in [4.69, 9.17) is 23.2 Å². The van der Waals surface area contributed by atoms with E-state index in [1.165, 1.54) is 11.3 Å². The molecule has 1 N–H and O–H groups in total. The zero-order valence-electron chi connectivity index (χ0n) is 10.2. The van der Waals surface area contributed by atoms with Crippen LogP contribution in [0.4, 0.5) is 0 Å². The lowest BCUT2D eigenvalue weighted by Gasteiger charge is -2.04. The number of aromatic nitrogens is 1. The maximum absolute atomic E-state index is 6.12. The summed E-state index contributed by atoms with van der Waals surface area (Å²) in [4.78, 5) is 4.57. The average molecular weight is 321 g/mol. The molecule has 0 aromatic carbocycles. The SMILES string of the molecule is CC(C)CNCc1nc(-c2cc(Cl)sc2Cl)cs1. The minimum atomic E-state index is 0.648. The molecule has 6 heteroatoms. The summed E-state index contributed by atoms with van der Waals surface area (Å²) in [6.07, 6.45) is 0. The molecule has 2 aromatic heterocycles. The normalized spacial score (nSPS) is 11.4.